The molecule has 118 valence electrons. The van der Waals surface area contributed by atoms with Gasteiger partial charge < -0.3 is 20.1 Å². The summed E-state index contributed by atoms with van der Waals surface area (Å²) < 4.78 is 10.4. The van der Waals surface area contributed by atoms with E-state index in [2.05, 4.69) is 24.5 Å². The number of rotatable bonds is 8. The number of carbonyl (C=O) groups is 1. The lowest BCUT2D eigenvalue weighted by Gasteiger charge is -2.11. The van der Waals surface area contributed by atoms with Crippen molar-refractivity contribution in [1.82, 2.24) is 10.6 Å². The average Bonchev–Trinajstić information content (AvgIpc) is 2.48. The van der Waals surface area contributed by atoms with Crippen LogP contribution in [-0.2, 0) is 6.54 Å². The Labute approximate surface area is 127 Å². The fraction of sp³-hybridized carbons (Fsp3) is 0.562. The monoisotopic (exact) mass is 294 g/mol. The Morgan fingerprint density at radius 3 is 2.48 bits per heavy atom. The van der Waals surface area contributed by atoms with Crippen molar-refractivity contribution in [3.05, 3.63) is 23.8 Å². The molecule has 0 unspecified atom stereocenters. The van der Waals surface area contributed by atoms with E-state index in [0.29, 0.717) is 30.5 Å². The van der Waals surface area contributed by atoms with Gasteiger partial charge in [0.2, 0.25) is 0 Å². The maximum absolute atomic E-state index is 11.7. The molecule has 0 bridgehead atoms. The summed E-state index contributed by atoms with van der Waals surface area (Å²) in [5.41, 5.74) is 0.963. The van der Waals surface area contributed by atoms with E-state index >= 15 is 0 Å². The highest BCUT2D eigenvalue weighted by molar-refractivity contribution is 5.73. The Kier molecular flexibility index (Phi) is 7.43. The van der Waals surface area contributed by atoms with Gasteiger partial charge in [-0.15, -0.1) is 0 Å². The fourth-order valence-electron chi connectivity index (χ4n) is 1.95. The van der Waals surface area contributed by atoms with Crippen LogP contribution in [0.3, 0.4) is 0 Å². The molecule has 5 heteroatoms. The van der Waals surface area contributed by atoms with E-state index in [4.69, 9.17) is 9.47 Å². The minimum Gasteiger partial charge on any atom is -0.493 e. The van der Waals surface area contributed by atoms with Crippen molar-refractivity contribution in [2.75, 3.05) is 20.8 Å². The third kappa shape index (κ3) is 6.38. The number of hydrogen-bond acceptors (Lipinski definition) is 3. The van der Waals surface area contributed by atoms with Gasteiger partial charge in [0.25, 0.3) is 0 Å². The van der Waals surface area contributed by atoms with Gasteiger partial charge in [0, 0.05) is 13.1 Å². The highest BCUT2D eigenvalue weighted by atomic mass is 16.5. The minimum atomic E-state index is -0.145. The number of urea groups is 1. The van der Waals surface area contributed by atoms with Crippen LogP contribution in [0.15, 0.2) is 18.2 Å². The predicted octanol–water partition coefficient (Wildman–Crippen LogP) is 2.94. The standard InChI is InChI=1S/C16H26N2O3/c1-12(2)6-5-9-17-16(19)18-11-13-7-8-14(20-3)15(10-13)21-4/h7-8,10,12H,5-6,9,11H2,1-4H3,(H2,17,18,19). The quantitative estimate of drug-likeness (QED) is 0.725. The molecule has 0 aliphatic heterocycles. The molecular weight excluding hydrogens is 268 g/mol. The first-order valence-electron chi connectivity index (χ1n) is 7.29. The summed E-state index contributed by atoms with van der Waals surface area (Å²) in [6, 6.07) is 5.45. The number of benzene rings is 1. The van der Waals surface area contributed by atoms with Crippen LogP contribution < -0.4 is 20.1 Å². The number of methoxy groups -OCH3 is 2. The Hall–Kier alpha value is -1.91. The summed E-state index contributed by atoms with van der Waals surface area (Å²) in [7, 11) is 3.19. The van der Waals surface area contributed by atoms with Gasteiger partial charge in [-0.25, -0.2) is 4.79 Å². The molecule has 2 N–H and O–H groups in total. The van der Waals surface area contributed by atoms with Crippen molar-refractivity contribution < 1.29 is 14.3 Å². The molecule has 1 rings (SSSR count). The van der Waals surface area contributed by atoms with E-state index in [9.17, 15) is 4.79 Å². The summed E-state index contributed by atoms with van der Waals surface area (Å²) in [5, 5.41) is 5.68. The average molecular weight is 294 g/mol. The van der Waals surface area contributed by atoms with E-state index < -0.39 is 0 Å². The minimum absolute atomic E-state index is 0.145. The first-order valence-corrected chi connectivity index (χ1v) is 7.29. The van der Waals surface area contributed by atoms with E-state index in [0.717, 1.165) is 18.4 Å². The highest BCUT2D eigenvalue weighted by Crippen LogP contribution is 2.27. The van der Waals surface area contributed by atoms with Crippen LogP contribution in [0.4, 0.5) is 4.79 Å². The largest absolute Gasteiger partial charge is 0.493 e. The maximum atomic E-state index is 11.7. The molecule has 1 aromatic rings. The van der Waals surface area contributed by atoms with Gasteiger partial charge >= 0.3 is 6.03 Å². The molecule has 0 heterocycles. The summed E-state index contributed by atoms with van der Waals surface area (Å²) in [6.45, 7) is 5.51. The number of hydrogen-bond donors (Lipinski definition) is 2. The third-order valence-corrected chi connectivity index (χ3v) is 3.14. The Balaban J connectivity index is 2.36. The van der Waals surface area contributed by atoms with E-state index in [1.165, 1.54) is 0 Å². The maximum Gasteiger partial charge on any atom is 0.315 e. The molecule has 0 atom stereocenters. The molecule has 0 aromatic heterocycles. The van der Waals surface area contributed by atoms with E-state index in [1.54, 1.807) is 14.2 Å². The Bertz CT molecular complexity index is 447. The van der Waals surface area contributed by atoms with Crippen molar-refractivity contribution in [3.8, 4) is 11.5 Å². The summed E-state index contributed by atoms with van der Waals surface area (Å²) in [4.78, 5) is 11.7. The van der Waals surface area contributed by atoms with Crippen molar-refractivity contribution in [1.29, 1.82) is 0 Å². The predicted molar refractivity (Wildman–Crippen MR) is 83.9 cm³/mol. The highest BCUT2D eigenvalue weighted by Gasteiger charge is 2.06. The molecule has 0 aliphatic carbocycles. The molecule has 0 saturated heterocycles. The van der Waals surface area contributed by atoms with Gasteiger partial charge in [-0.2, -0.15) is 0 Å². The van der Waals surface area contributed by atoms with Gasteiger partial charge in [0.05, 0.1) is 14.2 Å². The molecule has 5 nitrogen and oxygen atoms in total. The molecule has 0 saturated carbocycles. The molecule has 0 spiro atoms. The van der Waals surface area contributed by atoms with Crippen LogP contribution in [0.1, 0.15) is 32.3 Å². The Morgan fingerprint density at radius 2 is 1.86 bits per heavy atom. The summed E-state index contributed by atoms with van der Waals surface area (Å²) in [5.74, 6) is 2.01. The van der Waals surface area contributed by atoms with Crippen LogP contribution in [-0.4, -0.2) is 26.8 Å². The zero-order valence-electron chi connectivity index (χ0n) is 13.4. The van der Waals surface area contributed by atoms with Crippen LogP contribution >= 0.6 is 0 Å². The number of nitrogens with one attached hydrogen (secondary N) is 2. The Morgan fingerprint density at radius 1 is 1.14 bits per heavy atom. The number of carbonyl (C=O) groups excluding carboxylic acids is 1. The number of ether oxygens (including phenoxy) is 2. The molecule has 0 aliphatic rings. The topological polar surface area (TPSA) is 59.6 Å². The summed E-state index contributed by atoms with van der Waals surface area (Å²) in [6.07, 6.45) is 2.12. The van der Waals surface area contributed by atoms with Crippen molar-refractivity contribution >= 4 is 6.03 Å². The lowest BCUT2D eigenvalue weighted by Crippen LogP contribution is -2.35. The van der Waals surface area contributed by atoms with Crippen LogP contribution in [0, 0.1) is 5.92 Å². The van der Waals surface area contributed by atoms with Crippen LogP contribution in [0.5, 0.6) is 11.5 Å². The van der Waals surface area contributed by atoms with Crippen LogP contribution in [0.25, 0.3) is 0 Å². The molecule has 2 amide bonds. The van der Waals surface area contributed by atoms with Gasteiger partial charge in [0.1, 0.15) is 0 Å². The first kappa shape index (κ1) is 17.1. The summed E-state index contributed by atoms with van der Waals surface area (Å²) >= 11 is 0. The fourth-order valence-corrected chi connectivity index (χ4v) is 1.95. The molecule has 1 aromatic carbocycles. The first-order chi connectivity index (χ1) is 10.1. The number of amides is 2. The van der Waals surface area contributed by atoms with Crippen molar-refractivity contribution in [2.45, 2.75) is 33.2 Å². The normalized spacial score (nSPS) is 10.3. The van der Waals surface area contributed by atoms with Crippen LogP contribution in [0.2, 0.25) is 0 Å². The van der Waals surface area contributed by atoms with Gasteiger partial charge in [-0.05, 0) is 36.5 Å². The second kappa shape index (κ2) is 9.10. The zero-order valence-corrected chi connectivity index (χ0v) is 13.4. The lowest BCUT2D eigenvalue weighted by atomic mass is 10.1. The zero-order chi connectivity index (χ0) is 15.7. The second-order valence-electron chi connectivity index (χ2n) is 5.33. The van der Waals surface area contributed by atoms with Gasteiger partial charge in [-0.3, -0.25) is 0 Å². The van der Waals surface area contributed by atoms with E-state index in [-0.39, 0.29) is 6.03 Å². The second-order valence-corrected chi connectivity index (χ2v) is 5.33. The molecule has 21 heavy (non-hydrogen) atoms. The third-order valence-electron chi connectivity index (χ3n) is 3.14. The molecule has 0 radical (unpaired) electrons. The smallest absolute Gasteiger partial charge is 0.315 e. The van der Waals surface area contributed by atoms with Crippen molar-refractivity contribution in [2.24, 2.45) is 5.92 Å². The lowest BCUT2D eigenvalue weighted by molar-refractivity contribution is 0.240. The van der Waals surface area contributed by atoms with E-state index in [1.807, 2.05) is 18.2 Å². The molecule has 0 fully saturated rings. The SMILES string of the molecule is COc1ccc(CNC(=O)NCCCC(C)C)cc1OC. The van der Waals surface area contributed by atoms with Gasteiger partial charge in [0.15, 0.2) is 11.5 Å². The van der Waals surface area contributed by atoms with Crippen molar-refractivity contribution in [3.63, 3.8) is 0 Å². The molecular formula is C16H26N2O3. The van der Waals surface area contributed by atoms with Gasteiger partial charge in [-0.1, -0.05) is 19.9 Å².